The number of hydrazine groups is 1. The van der Waals surface area contributed by atoms with E-state index in [2.05, 4.69) is 10.9 Å². The van der Waals surface area contributed by atoms with Crippen molar-refractivity contribution in [3.8, 4) is 0 Å². The van der Waals surface area contributed by atoms with Gasteiger partial charge < -0.3 is 14.4 Å². The van der Waals surface area contributed by atoms with Gasteiger partial charge in [0.1, 0.15) is 11.2 Å². The van der Waals surface area contributed by atoms with Crippen molar-refractivity contribution >= 4 is 12.2 Å². The lowest BCUT2D eigenvalue weighted by Gasteiger charge is -2.39. The summed E-state index contributed by atoms with van der Waals surface area (Å²) in [6.45, 7) is 9.32. The standard InChI is InChI=1S/C15H27F2N3O4/c1-13(2,3)23-11(21)19-18-10-7-8-20(9-15(10,16)17)12(22)24-14(4,5)6/h10,18H,7-9H2,1-6H3,(H,19,21). The zero-order valence-electron chi connectivity index (χ0n) is 15.0. The van der Waals surface area contributed by atoms with E-state index in [1.165, 1.54) is 0 Å². The fourth-order valence-corrected chi connectivity index (χ4v) is 2.05. The van der Waals surface area contributed by atoms with E-state index in [1.54, 1.807) is 41.5 Å². The first-order valence-electron chi connectivity index (χ1n) is 7.80. The highest BCUT2D eigenvalue weighted by Gasteiger charge is 2.47. The van der Waals surface area contributed by atoms with Crippen LogP contribution in [-0.4, -0.2) is 53.3 Å². The molecule has 1 rings (SSSR count). The van der Waals surface area contributed by atoms with Gasteiger partial charge in [-0.3, -0.25) is 5.43 Å². The maximum atomic E-state index is 14.2. The molecule has 2 amide bonds. The van der Waals surface area contributed by atoms with E-state index in [9.17, 15) is 18.4 Å². The zero-order chi connectivity index (χ0) is 18.8. The number of nitrogens with one attached hydrogen (secondary N) is 2. The summed E-state index contributed by atoms with van der Waals surface area (Å²) >= 11 is 0. The Morgan fingerprint density at radius 3 is 2.08 bits per heavy atom. The van der Waals surface area contributed by atoms with Crippen molar-refractivity contribution in [3.63, 3.8) is 0 Å². The van der Waals surface area contributed by atoms with E-state index in [-0.39, 0.29) is 13.0 Å². The number of amides is 2. The molecule has 24 heavy (non-hydrogen) atoms. The van der Waals surface area contributed by atoms with Gasteiger partial charge in [0.15, 0.2) is 0 Å². The average Bonchev–Trinajstić information content (AvgIpc) is 2.31. The Balaban J connectivity index is 2.55. The van der Waals surface area contributed by atoms with E-state index in [1.807, 2.05) is 0 Å². The van der Waals surface area contributed by atoms with Crippen LogP contribution in [-0.2, 0) is 9.47 Å². The number of carbonyl (C=O) groups excluding carboxylic acids is 2. The maximum absolute atomic E-state index is 14.2. The number of hydrogen-bond donors (Lipinski definition) is 2. The number of halogens is 2. The van der Waals surface area contributed by atoms with E-state index >= 15 is 0 Å². The van der Waals surface area contributed by atoms with Gasteiger partial charge in [-0.1, -0.05) is 0 Å². The number of ether oxygens (including phenoxy) is 2. The molecule has 0 aromatic carbocycles. The zero-order valence-corrected chi connectivity index (χ0v) is 15.0. The highest BCUT2D eigenvalue weighted by atomic mass is 19.3. The highest BCUT2D eigenvalue weighted by molar-refractivity contribution is 5.68. The molecule has 1 fully saturated rings. The normalized spacial score (nSPS) is 21.2. The second-order valence-electron chi connectivity index (χ2n) is 7.78. The van der Waals surface area contributed by atoms with Crippen molar-refractivity contribution in [2.24, 2.45) is 0 Å². The van der Waals surface area contributed by atoms with Crippen LogP contribution in [0.1, 0.15) is 48.0 Å². The molecule has 2 N–H and O–H groups in total. The lowest BCUT2D eigenvalue weighted by atomic mass is 10.0. The fourth-order valence-electron chi connectivity index (χ4n) is 2.05. The molecule has 0 spiro atoms. The van der Waals surface area contributed by atoms with Crippen LogP contribution in [0, 0.1) is 0 Å². The first kappa shape index (κ1) is 20.4. The summed E-state index contributed by atoms with van der Waals surface area (Å²) in [4.78, 5) is 24.4. The fraction of sp³-hybridized carbons (Fsp3) is 0.867. The quantitative estimate of drug-likeness (QED) is 0.748. The predicted molar refractivity (Wildman–Crippen MR) is 83.7 cm³/mol. The van der Waals surface area contributed by atoms with Gasteiger partial charge >= 0.3 is 12.2 Å². The number of piperidine rings is 1. The smallest absolute Gasteiger partial charge is 0.422 e. The third-order valence-electron chi connectivity index (χ3n) is 3.00. The summed E-state index contributed by atoms with van der Waals surface area (Å²) < 4.78 is 38.5. The van der Waals surface area contributed by atoms with Crippen molar-refractivity contribution in [2.45, 2.75) is 71.1 Å². The molecule has 1 aliphatic heterocycles. The van der Waals surface area contributed by atoms with Gasteiger partial charge in [0.25, 0.3) is 5.92 Å². The maximum Gasteiger partial charge on any atom is 0.422 e. The number of likely N-dealkylation sites (tertiary alicyclic amines) is 1. The van der Waals surface area contributed by atoms with Crippen molar-refractivity contribution in [1.29, 1.82) is 0 Å². The topological polar surface area (TPSA) is 79.9 Å². The van der Waals surface area contributed by atoms with Gasteiger partial charge in [-0.15, -0.1) is 0 Å². The summed E-state index contributed by atoms with van der Waals surface area (Å²) in [5, 5.41) is 0. The van der Waals surface area contributed by atoms with Crippen LogP contribution in [0.4, 0.5) is 18.4 Å². The molecule has 1 aliphatic rings. The van der Waals surface area contributed by atoms with Crippen molar-refractivity contribution in [2.75, 3.05) is 13.1 Å². The number of nitrogens with zero attached hydrogens (tertiary/aromatic N) is 1. The molecule has 1 unspecified atom stereocenters. The summed E-state index contributed by atoms with van der Waals surface area (Å²) in [5.74, 6) is -3.22. The molecule has 0 saturated carbocycles. The van der Waals surface area contributed by atoms with Crippen LogP contribution in [0.3, 0.4) is 0 Å². The first-order chi connectivity index (χ1) is 10.7. The molecule has 1 atom stereocenters. The Hall–Kier alpha value is -1.64. The Labute approximate surface area is 141 Å². The van der Waals surface area contributed by atoms with Gasteiger partial charge in [0.2, 0.25) is 0 Å². The minimum absolute atomic E-state index is 0.0396. The molecule has 0 aromatic rings. The summed E-state index contributed by atoms with van der Waals surface area (Å²) in [7, 11) is 0. The third kappa shape index (κ3) is 6.86. The summed E-state index contributed by atoms with van der Waals surface area (Å²) in [6, 6.07) is -1.30. The molecule has 1 heterocycles. The SMILES string of the molecule is CC(C)(C)OC(=O)NNC1CCN(C(=O)OC(C)(C)C)CC1(F)F. The molecule has 140 valence electrons. The van der Waals surface area contributed by atoms with Crippen LogP contribution in [0.15, 0.2) is 0 Å². The van der Waals surface area contributed by atoms with Crippen LogP contribution in [0.25, 0.3) is 0 Å². The van der Waals surface area contributed by atoms with Crippen molar-refractivity contribution in [1.82, 2.24) is 15.8 Å². The number of rotatable bonds is 2. The van der Waals surface area contributed by atoms with Gasteiger partial charge in [-0.25, -0.2) is 23.8 Å². The Morgan fingerprint density at radius 1 is 1.08 bits per heavy atom. The van der Waals surface area contributed by atoms with Crippen molar-refractivity contribution in [3.05, 3.63) is 0 Å². The van der Waals surface area contributed by atoms with Crippen LogP contribution >= 0.6 is 0 Å². The summed E-state index contributed by atoms with van der Waals surface area (Å²) in [6.07, 6.45) is -1.66. The van der Waals surface area contributed by atoms with Crippen LogP contribution in [0.5, 0.6) is 0 Å². The Morgan fingerprint density at radius 2 is 1.62 bits per heavy atom. The number of hydrogen-bond acceptors (Lipinski definition) is 5. The van der Waals surface area contributed by atoms with Crippen molar-refractivity contribution < 1.29 is 27.8 Å². The molecular weight excluding hydrogens is 324 g/mol. The molecule has 0 radical (unpaired) electrons. The van der Waals surface area contributed by atoms with E-state index in [0.29, 0.717) is 0 Å². The monoisotopic (exact) mass is 351 g/mol. The van der Waals surface area contributed by atoms with Gasteiger partial charge in [0, 0.05) is 6.54 Å². The highest BCUT2D eigenvalue weighted by Crippen LogP contribution is 2.28. The predicted octanol–water partition coefficient (Wildman–Crippen LogP) is 2.66. The van der Waals surface area contributed by atoms with Crippen LogP contribution < -0.4 is 10.9 Å². The minimum Gasteiger partial charge on any atom is -0.444 e. The van der Waals surface area contributed by atoms with Gasteiger partial charge in [-0.2, -0.15) is 0 Å². The molecule has 1 saturated heterocycles. The Kier molecular flexibility index (Phi) is 6.02. The van der Waals surface area contributed by atoms with Gasteiger partial charge in [0.05, 0.1) is 12.6 Å². The first-order valence-corrected chi connectivity index (χ1v) is 7.80. The minimum atomic E-state index is -3.22. The molecule has 0 bridgehead atoms. The van der Waals surface area contributed by atoms with Gasteiger partial charge in [-0.05, 0) is 48.0 Å². The van der Waals surface area contributed by atoms with Crippen LogP contribution in [0.2, 0.25) is 0 Å². The number of alkyl halides is 2. The lowest BCUT2D eigenvalue weighted by molar-refractivity contribution is -0.0944. The molecular formula is C15H27F2N3O4. The molecule has 7 nitrogen and oxygen atoms in total. The van der Waals surface area contributed by atoms with E-state index < -0.39 is 41.9 Å². The Bertz CT molecular complexity index is 472. The molecule has 0 aliphatic carbocycles. The molecule has 9 heteroatoms. The lowest BCUT2D eigenvalue weighted by Crippen LogP contribution is -2.62. The largest absolute Gasteiger partial charge is 0.444 e. The van der Waals surface area contributed by atoms with E-state index in [4.69, 9.17) is 9.47 Å². The second kappa shape index (κ2) is 7.08. The second-order valence-corrected chi connectivity index (χ2v) is 7.78. The third-order valence-corrected chi connectivity index (χ3v) is 3.00. The van der Waals surface area contributed by atoms with E-state index in [0.717, 1.165) is 4.90 Å². The summed E-state index contributed by atoms with van der Waals surface area (Å²) in [5.41, 5.74) is 2.93. The molecule has 0 aromatic heterocycles. The average molecular weight is 351 g/mol. The number of carbonyl (C=O) groups is 2.